The van der Waals surface area contributed by atoms with Crippen LogP contribution in [0.15, 0.2) is 22.7 Å². The fraction of sp³-hybridized carbons (Fsp3) is 0.500. The summed E-state index contributed by atoms with van der Waals surface area (Å²) in [5.74, 6) is 1.74. The van der Waals surface area contributed by atoms with E-state index in [0.717, 1.165) is 28.8 Å². The maximum absolute atomic E-state index is 5.89. The molecule has 1 aromatic carbocycles. The molecule has 2 aromatic rings. The SMILES string of the molecule is CC1(Cn2c(CCCl)nc3ccc(Br)cc32)CC1. The molecular formula is C14H16BrClN2. The van der Waals surface area contributed by atoms with Crippen molar-refractivity contribution in [3.8, 4) is 0 Å². The Morgan fingerprint density at radius 3 is 2.89 bits per heavy atom. The molecule has 18 heavy (non-hydrogen) atoms. The predicted octanol–water partition coefficient (Wildman–Crippen LogP) is 4.38. The van der Waals surface area contributed by atoms with Crippen molar-refractivity contribution in [2.24, 2.45) is 5.41 Å². The third kappa shape index (κ3) is 2.30. The maximum atomic E-state index is 5.89. The molecule has 0 bridgehead atoms. The number of aromatic nitrogens is 2. The molecule has 2 nitrogen and oxygen atoms in total. The van der Waals surface area contributed by atoms with Gasteiger partial charge in [0.05, 0.1) is 11.0 Å². The minimum atomic E-state index is 0.469. The lowest BCUT2D eigenvalue weighted by Gasteiger charge is -2.13. The molecule has 1 heterocycles. The Hall–Kier alpha value is -0.540. The molecular weight excluding hydrogens is 312 g/mol. The van der Waals surface area contributed by atoms with Crippen LogP contribution in [0.5, 0.6) is 0 Å². The van der Waals surface area contributed by atoms with E-state index in [1.165, 1.54) is 18.4 Å². The van der Waals surface area contributed by atoms with Gasteiger partial charge >= 0.3 is 0 Å². The molecule has 0 N–H and O–H groups in total. The van der Waals surface area contributed by atoms with Crippen molar-refractivity contribution in [1.29, 1.82) is 0 Å². The first-order valence-corrected chi connectivity index (χ1v) is 7.65. The van der Waals surface area contributed by atoms with Gasteiger partial charge in [-0.15, -0.1) is 11.6 Å². The summed E-state index contributed by atoms with van der Waals surface area (Å²) in [5, 5.41) is 0. The van der Waals surface area contributed by atoms with Gasteiger partial charge in [-0.2, -0.15) is 0 Å². The Kier molecular flexibility index (Phi) is 3.15. The lowest BCUT2D eigenvalue weighted by Crippen LogP contribution is -2.11. The van der Waals surface area contributed by atoms with Crippen LogP contribution in [0.3, 0.4) is 0 Å². The number of hydrogen-bond donors (Lipinski definition) is 0. The Morgan fingerprint density at radius 2 is 2.22 bits per heavy atom. The summed E-state index contributed by atoms with van der Waals surface area (Å²) in [6, 6.07) is 6.28. The second-order valence-electron chi connectivity index (χ2n) is 5.50. The quantitative estimate of drug-likeness (QED) is 0.762. The fourth-order valence-electron chi connectivity index (χ4n) is 2.35. The van der Waals surface area contributed by atoms with E-state index in [1.807, 2.05) is 6.07 Å². The molecule has 0 aliphatic heterocycles. The molecule has 3 rings (SSSR count). The standard InChI is InChI=1S/C14H16BrClN2/c1-14(5-6-14)9-18-12-8-10(15)2-3-11(12)17-13(18)4-7-16/h2-3,8H,4-7,9H2,1H3. The number of fused-ring (bicyclic) bond motifs is 1. The van der Waals surface area contributed by atoms with Crippen LogP contribution in [-0.4, -0.2) is 15.4 Å². The van der Waals surface area contributed by atoms with Gasteiger partial charge < -0.3 is 4.57 Å². The summed E-state index contributed by atoms with van der Waals surface area (Å²) in [7, 11) is 0. The van der Waals surface area contributed by atoms with Crippen LogP contribution in [0.2, 0.25) is 0 Å². The van der Waals surface area contributed by atoms with Gasteiger partial charge in [0.2, 0.25) is 0 Å². The highest BCUT2D eigenvalue weighted by Gasteiger charge is 2.38. The van der Waals surface area contributed by atoms with Crippen LogP contribution in [-0.2, 0) is 13.0 Å². The minimum Gasteiger partial charge on any atom is -0.327 e. The van der Waals surface area contributed by atoms with Gasteiger partial charge in [-0.1, -0.05) is 22.9 Å². The minimum absolute atomic E-state index is 0.469. The fourth-order valence-corrected chi connectivity index (χ4v) is 2.87. The molecule has 0 radical (unpaired) electrons. The average molecular weight is 328 g/mol. The molecule has 1 aliphatic carbocycles. The van der Waals surface area contributed by atoms with E-state index in [4.69, 9.17) is 16.6 Å². The van der Waals surface area contributed by atoms with Crippen LogP contribution >= 0.6 is 27.5 Å². The number of imidazole rings is 1. The molecule has 1 aliphatic rings. The highest BCUT2D eigenvalue weighted by Crippen LogP contribution is 2.47. The molecule has 0 saturated heterocycles. The summed E-state index contributed by atoms with van der Waals surface area (Å²) in [4.78, 5) is 4.71. The average Bonchev–Trinajstić information content (AvgIpc) is 2.97. The first-order chi connectivity index (χ1) is 8.61. The zero-order valence-corrected chi connectivity index (χ0v) is 12.8. The van der Waals surface area contributed by atoms with E-state index < -0.39 is 0 Å². The molecule has 1 aromatic heterocycles. The lowest BCUT2D eigenvalue weighted by molar-refractivity contribution is 0.462. The van der Waals surface area contributed by atoms with Crippen molar-refractivity contribution in [2.45, 2.75) is 32.7 Å². The molecule has 0 amide bonds. The molecule has 4 heteroatoms. The van der Waals surface area contributed by atoms with Gasteiger partial charge in [0.25, 0.3) is 0 Å². The maximum Gasteiger partial charge on any atom is 0.111 e. The zero-order chi connectivity index (χ0) is 12.8. The van der Waals surface area contributed by atoms with Gasteiger partial charge in [0.15, 0.2) is 0 Å². The van der Waals surface area contributed by atoms with Crippen molar-refractivity contribution >= 4 is 38.6 Å². The Labute approximate surface area is 120 Å². The number of benzene rings is 1. The molecule has 1 fully saturated rings. The second-order valence-corrected chi connectivity index (χ2v) is 6.79. The van der Waals surface area contributed by atoms with E-state index in [0.29, 0.717) is 11.3 Å². The van der Waals surface area contributed by atoms with E-state index in [2.05, 4.69) is 39.6 Å². The van der Waals surface area contributed by atoms with Crippen molar-refractivity contribution in [2.75, 3.05) is 5.88 Å². The van der Waals surface area contributed by atoms with Gasteiger partial charge in [0, 0.05) is 23.3 Å². The van der Waals surface area contributed by atoms with Gasteiger partial charge in [-0.25, -0.2) is 4.98 Å². The highest BCUT2D eigenvalue weighted by molar-refractivity contribution is 9.10. The molecule has 0 spiro atoms. The van der Waals surface area contributed by atoms with Crippen molar-refractivity contribution in [1.82, 2.24) is 9.55 Å². The largest absolute Gasteiger partial charge is 0.327 e. The normalized spacial score (nSPS) is 17.3. The van der Waals surface area contributed by atoms with Gasteiger partial charge in [-0.05, 0) is 36.5 Å². The van der Waals surface area contributed by atoms with E-state index in [-0.39, 0.29) is 0 Å². The van der Waals surface area contributed by atoms with E-state index in [1.54, 1.807) is 0 Å². The Balaban J connectivity index is 2.10. The third-order valence-electron chi connectivity index (χ3n) is 3.75. The van der Waals surface area contributed by atoms with Crippen molar-refractivity contribution in [3.05, 3.63) is 28.5 Å². The summed E-state index contributed by atoms with van der Waals surface area (Å²) >= 11 is 9.43. The molecule has 0 atom stereocenters. The smallest absolute Gasteiger partial charge is 0.111 e. The van der Waals surface area contributed by atoms with Gasteiger partial charge in [-0.3, -0.25) is 0 Å². The van der Waals surface area contributed by atoms with Gasteiger partial charge in [0.1, 0.15) is 5.82 Å². The first-order valence-electron chi connectivity index (χ1n) is 6.32. The van der Waals surface area contributed by atoms with Crippen LogP contribution in [0, 0.1) is 5.41 Å². The first kappa shape index (κ1) is 12.5. The third-order valence-corrected chi connectivity index (χ3v) is 4.43. The summed E-state index contributed by atoms with van der Waals surface area (Å²) in [5.41, 5.74) is 2.76. The van der Waals surface area contributed by atoms with E-state index in [9.17, 15) is 0 Å². The number of rotatable bonds is 4. The second kappa shape index (κ2) is 4.53. The lowest BCUT2D eigenvalue weighted by atomic mass is 10.1. The number of aryl methyl sites for hydroxylation is 1. The van der Waals surface area contributed by atoms with Crippen LogP contribution in [0.4, 0.5) is 0 Å². The number of alkyl halides is 1. The Morgan fingerprint density at radius 1 is 1.44 bits per heavy atom. The predicted molar refractivity (Wildman–Crippen MR) is 79.2 cm³/mol. The van der Waals surface area contributed by atoms with E-state index >= 15 is 0 Å². The molecule has 96 valence electrons. The van der Waals surface area contributed by atoms with Crippen LogP contribution in [0.1, 0.15) is 25.6 Å². The number of hydrogen-bond acceptors (Lipinski definition) is 1. The summed E-state index contributed by atoms with van der Waals surface area (Å²) in [6.45, 7) is 3.41. The highest BCUT2D eigenvalue weighted by atomic mass is 79.9. The summed E-state index contributed by atoms with van der Waals surface area (Å²) < 4.78 is 3.46. The number of nitrogens with zero attached hydrogens (tertiary/aromatic N) is 2. The van der Waals surface area contributed by atoms with Crippen LogP contribution in [0.25, 0.3) is 11.0 Å². The summed E-state index contributed by atoms with van der Waals surface area (Å²) in [6.07, 6.45) is 3.48. The molecule has 1 saturated carbocycles. The monoisotopic (exact) mass is 326 g/mol. The molecule has 0 unspecified atom stereocenters. The number of halogens is 2. The van der Waals surface area contributed by atoms with Crippen molar-refractivity contribution < 1.29 is 0 Å². The zero-order valence-electron chi connectivity index (χ0n) is 10.4. The Bertz CT molecular complexity index is 587. The van der Waals surface area contributed by atoms with Crippen LogP contribution < -0.4 is 0 Å². The van der Waals surface area contributed by atoms with Crippen molar-refractivity contribution in [3.63, 3.8) is 0 Å². The topological polar surface area (TPSA) is 17.8 Å².